The second kappa shape index (κ2) is 3.51. The third-order valence-electron chi connectivity index (χ3n) is 2.91. The van der Waals surface area contributed by atoms with E-state index < -0.39 is 17.1 Å². The Labute approximate surface area is 96.4 Å². The molecule has 0 aliphatic carbocycles. The predicted molar refractivity (Wildman–Crippen MR) is 61.4 cm³/mol. The standard InChI is InChI=1S/C12H18N2O2/c1-7-11(3,4)14-8(2)9(15)13-12(5,6)10(14)16/h1,8H,2-6H3,(H,13,15). The molecule has 1 heterocycles. The van der Waals surface area contributed by atoms with Crippen LogP contribution in [-0.4, -0.2) is 33.8 Å². The minimum Gasteiger partial charge on any atom is -0.340 e. The van der Waals surface area contributed by atoms with E-state index >= 15 is 0 Å². The molecule has 0 saturated carbocycles. The normalized spacial score (nSPS) is 25.0. The van der Waals surface area contributed by atoms with Crippen molar-refractivity contribution in [3.05, 3.63) is 0 Å². The summed E-state index contributed by atoms with van der Waals surface area (Å²) in [5, 5.41) is 2.68. The second-order valence-electron chi connectivity index (χ2n) is 5.17. The zero-order chi connectivity index (χ0) is 12.7. The highest BCUT2D eigenvalue weighted by molar-refractivity contribution is 5.99. The summed E-state index contributed by atoms with van der Waals surface area (Å²) in [6.07, 6.45) is 5.42. The molecule has 4 nitrogen and oxygen atoms in total. The molecule has 88 valence electrons. The number of hydrogen-bond acceptors (Lipinski definition) is 2. The highest BCUT2D eigenvalue weighted by Gasteiger charge is 2.48. The zero-order valence-corrected chi connectivity index (χ0v) is 10.4. The molecule has 0 aromatic rings. The molecular formula is C12H18N2O2. The predicted octanol–water partition coefficient (Wildman–Crippen LogP) is 0.524. The van der Waals surface area contributed by atoms with E-state index in [1.54, 1.807) is 34.6 Å². The first-order valence-electron chi connectivity index (χ1n) is 5.27. The van der Waals surface area contributed by atoms with Crippen molar-refractivity contribution >= 4 is 11.8 Å². The lowest BCUT2D eigenvalue weighted by atomic mass is 9.91. The Kier molecular flexibility index (Phi) is 2.76. The van der Waals surface area contributed by atoms with Crippen LogP contribution < -0.4 is 5.32 Å². The van der Waals surface area contributed by atoms with Gasteiger partial charge in [-0.05, 0) is 34.6 Å². The molecule has 1 N–H and O–H groups in total. The van der Waals surface area contributed by atoms with Crippen LogP contribution in [0.15, 0.2) is 0 Å². The lowest BCUT2D eigenvalue weighted by Crippen LogP contribution is -2.71. The van der Waals surface area contributed by atoms with Gasteiger partial charge >= 0.3 is 0 Å². The van der Waals surface area contributed by atoms with Crippen LogP contribution >= 0.6 is 0 Å². The summed E-state index contributed by atoms with van der Waals surface area (Å²) >= 11 is 0. The van der Waals surface area contributed by atoms with Crippen molar-refractivity contribution in [2.24, 2.45) is 0 Å². The van der Waals surface area contributed by atoms with E-state index in [1.807, 2.05) is 0 Å². The highest BCUT2D eigenvalue weighted by Crippen LogP contribution is 2.25. The molecule has 0 aromatic carbocycles. The summed E-state index contributed by atoms with van der Waals surface area (Å²) < 4.78 is 0. The molecule has 0 spiro atoms. The van der Waals surface area contributed by atoms with Gasteiger partial charge < -0.3 is 10.2 Å². The molecule has 0 radical (unpaired) electrons. The number of carbonyl (C=O) groups excluding carboxylic acids is 2. The van der Waals surface area contributed by atoms with Crippen molar-refractivity contribution in [2.75, 3.05) is 0 Å². The zero-order valence-electron chi connectivity index (χ0n) is 10.4. The van der Waals surface area contributed by atoms with Crippen molar-refractivity contribution in [3.63, 3.8) is 0 Å². The number of piperazine rings is 1. The summed E-state index contributed by atoms with van der Waals surface area (Å²) in [7, 11) is 0. The fourth-order valence-corrected chi connectivity index (χ4v) is 1.87. The van der Waals surface area contributed by atoms with Gasteiger partial charge in [-0.1, -0.05) is 5.92 Å². The molecule has 0 aromatic heterocycles. The summed E-state index contributed by atoms with van der Waals surface area (Å²) in [6.45, 7) is 8.56. The number of rotatable bonds is 1. The first-order valence-corrected chi connectivity index (χ1v) is 5.27. The molecule has 1 unspecified atom stereocenters. The van der Waals surface area contributed by atoms with Crippen LogP contribution in [0.25, 0.3) is 0 Å². The Morgan fingerprint density at radius 1 is 1.44 bits per heavy atom. The van der Waals surface area contributed by atoms with Gasteiger partial charge in [0.25, 0.3) is 0 Å². The van der Waals surface area contributed by atoms with E-state index in [4.69, 9.17) is 6.42 Å². The molecular weight excluding hydrogens is 204 g/mol. The Balaban J connectivity index is 3.21. The maximum atomic E-state index is 12.2. The summed E-state index contributed by atoms with van der Waals surface area (Å²) in [4.78, 5) is 25.5. The van der Waals surface area contributed by atoms with Crippen molar-refractivity contribution in [3.8, 4) is 12.3 Å². The van der Waals surface area contributed by atoms with Gasteiger partial charge in [-0.2, -0.15) is 0 Å². The fraction of sp³-hybridized carbons (Fsp3) is 0.667. The number of carbonyl (C=O) groups is 2. The number of nitrogens with zero attached hydrogens (tertiary/aromatic N) is 1. The molecule has 16 heavy (non-hydrogen) atoms. The van der Waals surface area contributed by atoms with Crippen molar-refractivity contribution in [1.29, 1.82) is 0 Å². The summed E-state index contributed by atoms with van der Waals surface area (Å²) in [5.74, 6) is 2.23. The van der Waals surface area contributed by atoms with Gasteiger partial charge in [0.05, 0.1) is 5.54 Å². The first-order chi connectivity index (χ1) is 7.13. The molecule has 1 aliphatic heterocycles. The quantitative estimate of drug-likeness (QED) is 0.658. The molecule has 1 rings (SSSR count). The monoisotopic (exact) mass is 222 g/mol. The summed E-state index contributed by atoms with van der Waals surface area (Å²) in [5.41, 5.74) is -1.65. The van der Waals surface area contributed by atoms with Crippen LogP contribution in [0.1, 0.15) is 34.6 Å². The average molecular weight is 222 g/mol. The molecule has 0 bridgehead atoms. The van der Waals surface area contributed by atoms with Gasteiger partial charge in [-0.3, -0.25) is 9.59 Å². The van der Waals surface area contributed by atoms with Crippen LogP contribution in [0, 0.1) is 12.3 Å². The Hall–Kier alpha value is -1.50. The lowest BCUT2D eigenvalue weighted by molar-refractivity contribution is -0.157. The van der Waals surface area contributed by atoms with Gasteiger partial charge in [-0.15, -0.1) is 6.42 Å². The Morgan fingerprint density at radius 2 is 1.94 bits per heavy atom. The maximum absolute atomic E-state index is 12.2. The molecule has 2 amide bonds. The van der Waals surface area contributed by atoms with Gasteiger partial charge in [0.2, 0.25) is 11.8 Å². The van der Waals surface area contributed by atoms with Gasteiger partial charge in [0.1, 0.15) is 11.6 Å². The minimum absolute atomic E-state index is 0.150. The van der Waals surface area contributed by atoms with Crippen molar-refractivity contribution < 1.29 is 9.59 Å². The maximum Gasteiger partial charge on any atom is 0.249 e. The topological polar surface area (TPSA) is 49.4 Å². The fourth-order valence-electron chi connectivity index (χ4n) is 1.87. The van der Waals surface area contributed by atoms with Crippen LogP contribution in [0.5, 0.6) is 0 Å². The third kappa shape index (κ3) is 1.78. The highest BCUT2D eigenvalue weighted by atomic mass is 16.2. The van der Waals surface area contributed by atoms with Crippen molar-refractivity contribution in [1.82, 2.24) is 10.2 Å². The van der Waals surface area contributed by atoms with Crippen LogP contribution in [-0.2, 0) is 9.59 Å². The van der Waals surface area contributed by atoms with E-state index in [9.17, 15) is 9.59 Å². The van der Waals surface area contributed by atoms with E-state index in [0.29, 0.717) is 0 Å². The molecule has 1 fully saturated rings. The smallest absolute Gasteiger partial charge is 0.249 e. The molecule has 1 saturated heterocycles. The largest absolute Gasteiger partial charge is 0.340 e. The third-order valence-corrected chi connectivity index (χ3v) is 2.91. The molecule has 1 atom stereocenters. The number of terminal acetylenes is 1. The van der Waals surface area contributed by atoms with Crippen molar-refractivity contribution in [2.45, 2.75) is 51.7 Å². The first kappa shape index (κ1) is 12.6. The number of hydrogen-bond donors (Lipinski definition) is 1. The summed E-state index contributed by atoms with van der Waals surface area (Å²) in [6, 6.07) is -0.536. The Morgan fingerprint density at radius 3 is 2.38 bits per heavy atom. The van der Waals surface area contributed by atoms with Crippen LogP contribution in [0.3, 0.4) is 0 Å². The average Bonchev–Trinajstić information content (AvgIpc) is 2.14. The van der Waals surface area contributed by atoms with E-state index in [1.165, 1.54) is 4.90 Å². The minimum atomic E-state index is -0.891. The van der Waals surface area contributed by atoms with Gasteiger partial charge in [0, 0.05) is 0 Å². The van der Waals surface area contributed by atoms with Crippen LogP contribution in [0.2, 0.25) is 0 Å². The SMILES string of the molecule is C#CC(C)(C)N1C(=O)C(C)(C)NC(=O)C1C. The van der Waals surface area contributed by atoms with Gasteiger partial charge in [-0.25, -0.2) is 0 Å². The number of amides is 2. The van der Waals surface area contributed by atoms with E-state index in [-0.39, 0.29) is 11.8 Å². The van der Waals surface area contributed by atoms with Crippen LogP contribution in [0.4, 0.5) is 0 Å². The molecule has 4 heteroatoms. The molecule has 1 aliphatic rings. The number of nitrogens with one attached hydrogen (secondary N) is 1. The van der Waals surface area contributed by atoms with Gasteiger partial charge in [0.15, 0.2) is 0 Å². The lowest BCUT2D eigenvalue weighted by Gasteiger charge is -2.47. The van der Waals surface area contributed by atoms with E-state index in [2.05, 4.69) is 11.2 Å². The second-order valence-corrected chi connectivity index (χ2v) is 5.17. The van der Waals surface area contributed by atoms with E-state index in [0.717, 1.165) is 0 Å². The Bertz CT molecular complexity index is 377.